The summed E-state index contributed by atoms with van der Waals surface area (Å²) >= 11 is 1.60. The molecule has 5 nitrogen and oxygen atoms in total. The van der Waals surface area contributed by atoms with Gasteiger partial charge in [0.25, 0.3) is 0 Å². The average molecular weight is 221 g/mol. The molecule has 2 aromatic heterocycles. The lowest BCUT2D eigenvalue weighted by molar-refractivity contribution is 0.370. The minimum absolute atomic E-state index is 0.866. The molecule has 0 saturated carbocycles. The molecule has 0 atom stereocenters. The number of likely N-dealkylation sites (N-methyl/N-ethyl adjacent to an activating group) is 1. The third kappa shape index (κ3) is 1.55. The van der Waals surface area contributed by atoms with Crippen LogP contribution < -0.4 is 0 Å². The van der Waals surface area contributed by atoms with Crippen molar-refractivity contribution in [3.63, 3.8) is 0 Å². The first-order chi connectivity index (χ1) is 7.33. The Morgan fingerprint density at radius 1 is 1.47 bits per heavy atom. The van der Waals surface area contributed by atoms with Crippen molar-refractivity contribution in [3.8, 4) is 0 Å². The van der Waals surface area contributed by atoms with Gasteiger partial charge in [-0.25, -0.2) is 0 Å². The zero-order valence-electron chi connectivity index (χ0n) is 8.42. The first-order valence-corrected chi connectivity index (χ1v) is 5.69. The fourth-order valence-electron chi connectivity index (χ4n) is 1.65. The van der Waals surface area contributed by atoms with Crippen LogP contribution in [0.5, 0.6) is 0 Å². The van der Waals surface area contributed by atoms with E-state index in [2.05, 4.69) is 33.3 Å². The molecule has 0 N–H and O–H groups in total. The average Bonchev–Trinajstić information content (AvgIpc) is 2.78. The molecule has 2 aromatic rings. The normalized spacial score (nSPS) is 18.3. The van der Waals surface area contributed by atoms with E-state index >= 15 is 0 Å². The van der Waals surface area contributed by atoms with E-state index in [-0.39, 0.29) is 0 Å². The van der Waals surface area contributed by atoms with Crippen molar-refractivity contribution in [2.24, 2.45) is 0 Å². The first kappa shape index (κ1) is 8.99. The Kier molecular flexibility index (Phi) is 2.03. The summed E-state index contributed by atoms with van der Waals surface area (Å²) in [6.45, 7) is 2.11. The van der Waals surface area contributed by atoms with Crippen LogP contribution in [0.2, 0.25) is 0 Å². The van der Waals surface area contributed by atoms with Gasteiger partial charge in [0.2, 0.25) is 4.96 Å². The lowest BCUT2D eigenvalue weighted by Gasteiger charge is -2.20. The van der Waals surface area contributed by atoms with Crippen molar-refractivity contribution in [2.45, 2.75) is 6.42 Å². The molecule has 0 unspecified atom stereocenters. The molecule has 0 bridgehead atoms. The van der Waals surface area contributed by atoms with E-state index < -0.39 is 0 Å². The van der Waals surface area contributed by atoms with E-state index in [1.54, 1.807) is 22.2 Å². The van der Waals surface area contributed by atoms with E-state index in [1.165, 1.54) is 5.57 Å². The van der Waals surface area contributed by atoms with Gasteiger partial charge in [-0.2, -0.15) is 9.61 Å². The van der Waals surface area contributed by atoms with Gasteiger partial charge in [0.1, 0.15) is 11.3 Å². The Balaban J connectivity index is 1.97. The molecule has 0 fully saturated rings. The molecule has 0 spiro atoms. The minimum atomic E-state index is 0.866. The Morgan fingerprint density at radius 3 is 3.13 bits per heavy atom. The fraction of sp³-hybridized carbons (Fsp3) is 0.444. The number of hydrogen-bond acceptors (Lipinski definition) is 5. The highest BCUT2D eigenvalue weighted by Gasteiger charge is 2.14. The summed E-state index contributed by atoms with van der Waals surface area (Å²) < 4.78 is 1.74. The molecule has 1 aliphatic rings. The maximum atomic E-state index is 4.44. The van der Waals surface area contributed by atoms with Crippen molar-refractivity contribution < 1.29 is 0 Å². The molecule has 0 aromatic carbocycles. The summed E-state index contributed by atoms with van der Waals surface area (Å²) in [5.74, 6) is 0. The second-order valence-corrected chi connectivity index (χ2v) is 4.66. The molecule has 0 radical (unpaired) electrons. The first-order valence-electron chi connectivity index (χ1n) is 4.88. The second kappa shape index (κ2) is 3.39. The van der Waals surface area contributed by atoms with Gasteiger partial charge < -0.3 is 4.90 Å². The maximum absolute atomic E-state index is 4.44. The summed E-state index contributed by atoms with van der Waals surface area (Å²) in [6.07, 6.45) is 4.96. The highest BCUT2D eigenvalue weighted by molar-refractivity contribution is 7.17. The van der Waals surface area contributed by atoms with Gasteiger partial charge in [-0.3, -0.25) is 0 Å². The molecule has 0 saturated heterocycles. The number of fused-ring (bicyclic) bond motifs is 1. The zero-order chi connectivity index (χ0) is 10.3. The summed E-state index contributed by atoms with van der Waals surface area (Å²) in [5, 5.41) is 13.3. The molecule has 0 aliphatic carbocycles. The summed E-state index contributed by atoms with van der Waals surface area (Å²) in [6, 6.07) is 0. The molecule has 15 heavy (non-hydrogen) atoms. The van der Waals surface area contributed by atoms with Crippen LogP contribution in [0.15, 0.2) is 12.4 Å². The number of hydrogen-bond donors (Lipinski definition) is 0. The quantitative estimate of drug-likeness (QED) is 0.718. The number of aromatic nitrogens is 4. The summed E-state index contributed by atoms with van der Waals surface area (Å²) in [5.41, 5.74) is 1.34. The third-order valence-electron chi connectivity index (χ3n) is 2.57. The smallest absolute Gasteiger partial charge is 0.234 e. The summed E-state index contributed by atoms with van der Waals surface area (Å²) in [7, 11) is 2.13. The maximum Gasteiger partial charge on any atom is 0.234 e. The van der Waals surface area contributed by atoms with Crippen LogP contribution in [-0.2, 0) is 0 Å². The van der Waals surface area contributed by atoms with Crippen LogP contribution in [0.1, 0.15) is 11.4 Å². The molecular weight excluding hydrogens is 210 g/mol. The van der Waals surface area contributed by atoms with Gasteiger partial charge in [0, 0.05) is 13.1 Å². The molecule has 3 rings (SSSR count). The SMILES string of the molecule is CN1CC=C(c2nn3cnnc3s2)CC1. The fourth-order valence-corrected chi connectivity index (χ4v) is 2.54. The monoisotopic (exact) mass is 221 g/mol. The molecule has 0 amide bonds. The van der Waals surface area contributed by atoms with Crippen molar-refractivity contribution >= 4 is 21.9 Å². The Hall–Kier alpha value is -1.27. The third-order valence-corrected chi connectivity index (χ3v) is 3.56. The molecule has 1 aliphatic heterocycles. The second-order valence-electron chi connectivity index (χ2n) is 3.71. The highest BCUT2D eigenvalue weighted by Crippen LogP contribution is 2.25. The van der Waals surface area contributed by atoms with E-state index in [9.17, 15) is 0 Å². The van der Waals surface area contributed by atoms with Crippen molar-refractivity contribution in [1.82, 2.24) is 24.7 Å². The Labute approximate surface area is 91.0 Å². The van der Waals surface area contributed by atoms with Crippen LogP contribution >= 0.6 is 11.3 Å². The predicted octanol–water partition coefficient (Wildman–Crippen LogP) is 0.905. The zero-order valence-corrected chi connectivity index (χ0v) is 9.24. The van der Waals surface area contributed by atoms with Gasteiger partial charge >= 0.3 is 0 Å². The van der Waals surface area contributed by atoms with Gasteiger partial charge in [-0.15, -0.1) is 10.2 Å². The van der Waals surface area contributed by atoms with Crippen LogP contribution in [0, 0.1) is 0 Å². The van der Waals surface area contributed by atoms with Gasteiger partial charge in [0.15, 0.2) is 0 Å². The predicted molar refractivity (Wildman–Crippen MR) is 58.8 cm³/mol. The van der Waals surface area contributed by atoms with E-state index in [4.69, 9.17) is 0 Å². The van der Waals surface area contributed by atoms with Crippen LogP contribution in [0.4, 0.5) is 0 Å². The largest absolute Gasteiger partial charge is 0.302 e. The standard InChI is InChI=1S/C9H11N5S/c1-13-4-2-7(3-5-13)8-12-14-6-10-11-9(14)15-8/h2,6H,3-5H2,1H3. The van der Waals surface area contributed by atoms with Crippen LogP contribution in [0.25, 0.3) is 10.5 Å². The lowest BCUT2D eigenvalue weighted by atomic mass is 10.1. The molecule has 3 heterocycles. The molecule has 78 valence electrons. The minimum Gasteiger partial charge on any atom is -0.302 e. The number of nitrogens with zero attached hydrogens (tertiary/aromatic N) is 5. The van der Waals surface area contributed by atoms with Crippen LogP contribution in [0.3, 0.4) is 0 Å². The van der Waals surface area contributed by atoms with E-state index in [1.807, 2.05) is 0 Å². The lowest BCUT2D eigenvalue weighted by Crippen LogP contribution is -2.23. The van der Waals surface area contributed by atoms with Crippen molar-refractivity contribution in [3.05, 3.63) is 17.4 Å². The van der Waals surface area contributed by atoms with Gasteiger partial charge in [-0.1, -0.05) is 17.4 Å². The number of rotatable bonds is 1. The Bertz CT molecular complexity index is 483. The van der Waals surface area contributed by atoms with Gasteiger partial charge in [0.05, 0.1) is 0 Å². The van der Waals surface area contributed by atoms with Crippen LogP contribution in [-0.4, -0.2) is 44.8 Å². The van der Waals surface area contributed by atoms with E-state index in [0.29, 0.717) is 0 Å². The topological polar surface area (TPSA) is 46.3 Å². The Morgan fingerprint density at radius 2 is 2.40 bits per heavy atom. The van der Waals surface area contributed by atoms with E-state index in [0.717, 1.165) is 29.5 Å². The van der Waals surface area contributed by atoms with Crippen molar-refractivity contribution in [1.29, 1.82) is 0 Å². The molecule has 6 heteroatoms. The van der Waals surface area contributed by atoms with Gasteiger partial charge in [-0.05, 0) is 19.0 Å². The molecular formula is C9H11N5S. The van der Waals surface area contributed by atoms with Crippen molar-refractivity contribution in [2.75, 3.05) is 20.1 Å². The highest BCUT2D eigenvalue weighted by atomic mass is 32.1. The summed E-state index contributed by atoms with van der Waals surface area (Å²) in [4.78, 5) is 3.16.